The van der Waals surface area contributed by atoms with E-state index in [9.17, 15) is 0 Å². The fraction of sp³-hybridized carbons (Fsp3) is 0.286. The molecule has 7 nitrogen and oxygen atoms in total. The summed E-state index contributed by atoms with van der Waals surface area (Å²) in [5.41, 5.74) is 11.1. The number of ether oxygens (including phenoxy) is 2. The zero-order chi connectivity index (χ0) is 26.0. The Kier molecular flexibility index (Phi) is 7.15. The van der Waals surface area contributed by atoms with Crippen LogP contribution in [0.25, 0.3) is 11.0 Å². The van der Waals surface area contributed by atoms with E-state index in [1.807, 2.05) is 40.7 Å². The molecule has 0 radical (unpaired) electrons. The van der Waals surface area contributed by atoms with Crippen molar-refractivity contribution in [2.75, 3.05) is 11.9 Å². The van der Waals surface area contributed by atoms with Crippen LogP contribution < -0.4 is 20.5 Å². The van der Waals surface area contributed by atoms with Crippen LogP contribution in [0.4, 0.5) is 10.1 Å². The number of benzene rings is 3. The summed E-state index contributed by atoms with van der Waals surface area (Å²) < 4.78 is 27.5. The molecule has 0 saturated heterocycles. The van der Waals surface area contributed by atoms with Crippen molar-refractivity contribution in [3.63, 3.8) is 0 Å². The van der Waals surface area contributed by atoms with Crippen molar-refractivity contribution in [3.05, 3.63) is 82.4 Å². The lowest BCUT2D eigenvalue weighted by Crippen LogP contribution is -2.18. The fourth-order valence-electron chi connectivity index (χ4n) is 4.23. The summed E-state index contributed by atoms with van der Waals surface area (Å²) in [6.07, 6.45) is -0.216. The first kappa shape index (κ1) is 25.0. The maximum absolute atomic E-state index is 16.0. The van der Waals surface area contributed by atoms with Gasteiger partial charge >= 0.3 is 0 Å². The predicted molar refractivity (Wildman–Crippen MR) is 142 cm³/mol. The Morgan fingerprint density at radius 2 is 1.86 bits per heavy atom. The number of hydrogen-bond donors (Lipinski definition) is 4. The van der Waals surface area contributed by atoms with E-state index in [4.69, 9.17) is 25.6 Å². The second-order valence-corrected chi connectivity index (χ2v) is 9.09. The highest BCUT2D eigenvalue weighted by molar-refractivity contribution is 5.95. The van der Waals surface area contributed by atoms with Crippen LogP contribution in [-0.2, 0) is 0 Å². The minimum Gasteiger partial charge on any atom is -0.494 e. The summed E-state index contributed by atoms with van der Waals surface area (Å²) in [6.45, 7) is 10.0. The molecule has 0 fully saturated rings. The number of aryl methyl sites for hydroxylation is 2. The van der Waals surface area contributed by atoms with Gasteiger partial charge in [0, 0.05) is 22.9 Å². The van der Waals surface area contributed by atoms with E-state index in [0.717, 1.165) is 22.2 Å². The van der Waals surface area contributed by atoms with Crippen molar-refractivity contribution in [2.45, 2.75) is 46.8 Å². The average molecular weight is 490 g/mol. The molecule has 0 saturated carbocycles. The number of nitrogens with one attached hydrogen (secondary N) is 3. The summed E-state index contributed by atoms with van der Waals surface area (Å²) in [4.78, 5) is 8.25. The first-order chi connectivity index (χ1) is 17.2. The molecule has 0 aliphatic rings. The third kappa shape index (κ3) is 5.27. The van der Waals surface area contributed by atoms with Crippen LogP contribution in [0.1, 0.15) is 54.9 Å². The Morgan fingerprint density at radius 1 is 1.14 bits per heavy atom. The lowest BCUT2D eigenvalue weighted by atomic mass is 10.0. The third-order valence-electron chi connectivity index (χ3n) is 5.75. The SMILES string of the molecule is CCOc1cc(OC(C)C)c(F)c(C(Nc2ccc(C(=N)N)cc2)c2nc3c(C)cc(C)cc3[nH]2)c1. The van der Waals surface area contributed by atoms with Crippen molar-refractivity contribution in [3.8, 4) is 11.5 Å². The number of nitrogens with two attached hydrogens (primary N) is 1. The van der Waals surface area contributed by atoms with Gasteiger partial charge in [-0.3, -0.25) is 5.41 Å². The van der Waals surface area contributed by atoms with E-state index in [1.165, 1.54) is 0 Å². The largest absolute Gasteiger partial charge is 0.494 e. The molecule has 5 N–H and O–H groups in total. The topological polar surface area (TPSA) is 109 Å². The van der Waals surface area contributed by atoms with Gasteiger partial charge in [0.15, 0.2) is 11.6 Å². The van der Waals surface area contributed by atoms with E-state index in [2.05, 4.69) is 16.4 Å². The molecule has 4 rings (SSSR count). The average Bonchev–Trinajstić information content (AvgIpc) is 3.24. The lowest BCUT2D eigenvalue weighted by molar-refractivity contribution is 0.228. The summed E-state index contributed by atoms with van der Waals surface area (Å²) in [5, 5.41) is 11.1. The Hall–Kier alpha value is -4.07. The van der Waals surface area contributed by atoms with Crippen molar-refractivity contribution >= 4 is 22.6 Å². The minimum atomic E-state index is -0.685. The molecule has 36 heavy (non-hydrogen) atoms. The van der Waals surface area contributed by atoms with Gasteiger partial charge in [0.1, 0.15) is 23.5 Å². The smallest absolute Gasteiger partial charge is 0.171 e. The monoisotopic (exact) mass is 489 g/mol. The zero-order valence-electron chi connectivity index (χ0n) is 21.2. The van der Waals surface area contributed by atoms with Crippen molar-refractivity contribution in [1.29, 1.82) is 5.41 Å². The molecule has 0 aliphatic carbocycles. The summed E-state index contributed by atoms with van der Waals surface area (Å²) in [6, 6.07) is 13.8. The van der Waals surface area contributed by atoms with E-state index >= 15 is 4.39 Å². The Bertz CT molecular complexity index is 1400. The quantitative estimate of drug-likeness (QED) is 0.171. The number of amidine groups is 1. The number of anilines is 1. The second-order valence-electron chi connectivity index (χ2n) is 9.09. The third-order valence-corrected chi connectivity index (χ3v) is 5.75. The molecule has 0 aliphatic heterocycles. The maximum atomic E-state index is 16.0. The van der Waals surface area contributed by atoms with E-state index in [0.29, 0.717) is 35.0 Å². The number of fused-ring (bicyclic) bond motifs is 1. The second kappa shape index (κ2) is 10.3. The molecule has 1 aromatic heterocycles. The number of halogens is 1. The molecule has 8 heteroatoms. The van der Waals surface area contributed by atoms with Gasteiger partial charge in [-0.1, -0.05) is 6.07 Å². The molecule has 0 spiro atoms. The van der Waals surface area contributed by atoms with Gasteiger partial charge in [0.05, 0.1) is 23.7 Å². The van der Waals surface area contributed by atoms with E-state index < -0.39 is 11.9 Å². The summed E-state index contributed by atoms with van der Waals surface area (Å²) in [7, 11) is 0. The van der Waals surface area contributed by atoms with Crippen LogP contribution in [0.5, 0.6) is 11.5 Å². The molecule has 1 heterocycles. The van der Waals surface area contributed by atoms with Gasteiger partial charge in [-0.15, -0.1) is 0 Å². The lowest BCUT2D eigenvalue weighted by Gasteiger charge is -2.22. The predicted octanol–water partition coefficient (Wildman–Crippen LogP) is 5.99. The van der Waals surface area contributed by atoms with Crippen LogP contribution >= 0.6 is 0 Å². The highest BCUT2D eigenvalue weighted by Gasteiger charge is 2.26. The molecule has 3 aromatic carbocycles. The van der Waals surface area contributed by atoms with Crippen LogP contribution in [-0.4, -0.2) is 28.5 Å². The maximum Gasteiger partial charge on any atom is 0.171 e. The number of H-pyrrole nitrogens is 1. The molecular weight excluding hydrogens is 457 g/mol. The molecule has 4 aromatic rings. The van der Waals surface area contributed by atoms with Gasteiger partial charge in [-0.2, -0.15) is 0 Å². The standard InChI is InChI=1S/C28H32FN5O2/c1-6-35-20-13-21(24(29)23(14-20)36-15(2)3)26(32-19-9-7-18(8-10-19)27(30)31)28-33-22-12-16(4)11-17(5)25(22)34-28/h7-15,26,32H,6H2,1-5H3,(H3,30,31)(H,33,34). The van der Waals surface area contributed by atoms with Crippen LogP contribution in [0.2, 0.25) is 0 Å². The number of hydrogen-bond acceptors (Lipinski definition) is 5. The van der Waals surface area contributed by atoms with Gasteiger partial charge in [-0.25, -0.2) is 9.37 Å². The van der Waals surface area contributed by atoms with Gasteiger partial charge < -0.3 is 25.5 Å². The molecule has 1 unspecified atom stereocenters. The van der Waals surface area contributed by atoms with Gasteiger partial charge in [-0.05, 0) is 82.1 Å². The van der Waals surface area contributed by atoms with Crippen LogP contribution in [0, 0.1) is 25.1 Å². The number of rotatable bonds is 9. The number of imidazole rings is 1. The first-order valence-electron chi connectivity index (χ1n) is 12.0. The summed E-state index contributed by atoms with van der Waals surface area (Å²) >= 11 is 0. The highest BCUT2D eigenvalue weighted by Crippen LogP contribution is 2.36. The normalized spacial score (nSPS) is 12.1. The number of aromatic nitrogens is 2. The first-order valence-corrected chi connectivity index (χ1v) is 12.0. The van der Waals surface area contributed by atoms with Gasteiger partial charge in [0.2, 0.25) is 0 Å². The van der Waals surface area contributed by atoms with E-state index in [1.54, 1.807) is 36.4 Å². The van der Waals surface area contributed by atoms with Crippen molar-refractivity contribution in [1.82, 2.24) is 9.97 Å². The minimum absolute atomic E-state index is 0.0211. The Labute approximate surface area is 210 Å². The van der Waals surface area contributed by atoms with Crippen molar-refractivity contribution in [2.24, 2.45) is 5.73 Å². The molecule has 0 amide bonds. The van der Waals surface area contributed by atoms with Gasteiger partial charge in [0.25, 0.3) is 0 Å². The highest BCUT2D eigenvalue weighted by atomic mass is 19.1. The Morgan fingerprint density at radius 3 is 2.50 bits per heavy atom. The molecular formula is C28H32FN5O2. The van der Waals surface area contributed by atoms with Crippen LogP contribution in [0.3, 0.4) is 0 Å². The summed E-state index contributed by atoms with van der Waals surface area (Å²) in [5.74, 6) is 0.669. The molecule has 188 valence electrons. The Balaban J connectivity index is 1.88. The fourth-order valence-corrected chi connectivity index (χ4v) is 4.23. The zero-order valence-corrected chi connectivity index (χ0v) is 21.2. The number of nitrogen functional groups attached to an aromatic ring is 1. The van der Waals surface area contributed by atoms with Crippen LogP contribution in [0.15, 0.2) is 48.5 Å². The number of nitrogens with zero attached hydrogens (tertiary/aromatic N) is 1. The van der Waals surface area contributed by atoms with Crippen molar-refractivity contribution < 1.29 is 13.9 Å². The molecule has 1 atom stereocenters. The van der Waals surface area contributed by atoms with E-state index in [-0.39, 0.29) is 17.7 Å². The molecule has 0 bridgehead atoms. The number of aromatic amines is 1.